The first-order valence-electron chi connectivity index (χ1n) is 5.33. The molecule has 0 spiro atoms. The van der Waals surface area contributed by atoms with Crippen LogP contribution >= 0.6 is 0 Å². The largest absolute Gasteiger partial charge is 0.697 e. The van der Waals surface area contributed by atoms with Gasteiger partial charge in [0.15, 0.2) is 0 Å². The van der Waals surface area contributed by atoms with Crippen LogP contribution in [0.4, 0.5) is 10.1 Å². The van der Waals surface area contributed by atoms with Crippen LogP contribution in [0.15, 0.2) is 28.8 Å². The van der Waals surface area contributed by atoms with Crippen LogP contribution in [-0.4, -0.2) is 24.9 Å². The molecule has 2 rings (SSSR count). The van der Waals surface area contributed by atoms with Gasteiger partial charge < -0.3 is 4.52 Å². The van der Waals surface area contributed by atoms with E-state index >= 15 is 0 Å². The SMILES string of the molecule is O=[N+]([O-])c1cccc(-c2noc(C(F)([N+](=O)[O-])[N+](=O)[O-])n2)c1. The minimum absolute atomic E-state index is 0.0294. The highest BCUT2D eigenvalue weighted by Gasteiger charge is 2.66. The fourth-order valence-corrected chi connectivity index (χ4v) is 1.45. The van der Waals surface area contributed by atoms with Gasteiger partial charge in [0.05, 0.1) is 4.92 Å². The molecule has 22 heavy (non-hydrogen) atoms. The molecule has 0 amide bonds. The predicted molar refractivity (Wildman–Crippen MR) is 63.2 cm³/mol. The Morgan fingerprint density at radius 2 is 1.77 bits per heavy atom. The number of rotatable bonds is 5. The zero-order valence-corrected chi connectivity index (χ0v) is 10.3. The molecule has 0 aliphatic heterocycles. The molecule has 0 aliphatic rings. The first-order chi connectivity index (χ1) is 10.3. The van der Waals surface area contributed by atoms with Crippen LogP contribution in [0.25, 0.3) is 11.4 Å². The summed E-state index contributed by atoms with van der Waals surface area (Å²) in [6.07, 6.45) is 0. The Bertz CT molecular complexity index is 761. The van der Waals surface area contributed by atoms with Crippen molar-refractivity contribution < 1.29 is 23.7 Å². The minimum Gasteiger partial charge on any atom is -0.319 e. The third-order valence-corrected chi connectivity index (χ3v) is 2.50. The monoisotopic (exact) mass is 313 g/mol. The summed E-state index contributed by atoms with van der Waals surface area (Å²) in [6.45, 7) is 0. The molecule has 0 unspecified atom stereocenters. The van der Waals surface area contributed by atoms with Crippen LogP contribution in [0.3, 0.4) is 0 Å². The number of halogens is 1. The van der Waals surface area contributed by atoms with Crippen molar-refractivity contribution in [2.75, 3.05) is 0 Å². The molecule has 0 fully saturated rings. The molecule has 0 saturated carbocycles. The van der Waals surface area contributed by atoms with Crippen molar-refractivity contribution in [2.45, 2.75) is 5.92 Å². The van der Waals surface area contributed by atoms with E-state index in [4.69, 9.17) is 0 Å². The molecule has 1 aromatic heterocycles. The molecule has 13 heteroatoms. The van der Waals surface area contributed by atoms with Crippen molar-refractivity contribution in [3.63, 3.8) is 0 Å². The molecular formula is C9H4FN5O7. The zero-order valence-electron chi connectivity index (χ0n) is 10.3. The highest BCUT2D eigenvalue weighted by molar-refractivity contribution is 5.58. The third-order valence-electron chi connectivity index (χ3n) is 2.50. The molecular weight excluding hydrogens is 309 g/mol. The average Bonchev–Trinajstić information content (AvgIpc) is 2.96. The fourth-order valence-electron chi connectivity index (χ4n) is 1.45. The van der Waals surface area contributed by atoms with E-state index in [-0.39, 0.29) is 11.3 Å². The van der Waals surface area contributed by atoms with Crippen LogP contribution < -0.4 is 0 Å². The lowest BCUT2D eigenvalue weighted by Gasteiger charge is -2.01. The van der Waals surface area contributed by atoms with E-state index in [0.717, 1.165) is 12.1 Å². The van der Waals surface area contributed by atoms with Gasteiger partial charge in [-0.2, -0.15) is 4.98 Å². The highest BCUT2D eigenvalue weighted by Crippen LogP contribution is 2.28. The third kappa shape index (κ3) is 2.30. The Morgan fingerprint density at radius 3 is 2.32 bits per heavy atom. The molecule has 114 valence electrons. The Kier molecular flexibility index (Phi) is 3.46. The number of aromatic nitrogens is 2. The van der Waals surface area contributed by atoms with Gasteiger partial charge in [0.1, 0.15) is 9.85 Å². The van der Waals surface area contributed by atoms with Crippen molar-refractivity contribution >= 4 is 5.69 Å². The van der Waals surface area contributed by atoms with Crippen molar-refractivity contribution in [1.29, 1.82) is 0 Å². The number of hydrogen-bond donors (Lipinski definition) is 0. The van der Waals surface area contributed by atoms with E-state index < -0.39 is 32.4 Å². The van der Waals surface area contributed by atoms with Crippen molar-refractivity contribution in [1.82, 2.24) is 10.1 Å². The number of nitrogens with zero attached hydrogens (tertiary/aromatic N) is 5. The first-order valence-corrected chi connectivity index (χ1v) is 5.33. The highest BCUT2D eigenvalue weighted by atomic mass is 19.2. The Balaban J connectivity index is 2.48. The van der Waals surface area contributed by atoms with Gasteiger partial charge in [-0.15, -0.1) is 0 Å². The molecule has 1 aromatic carbocycles. The predicted octanol–water partition coefficient (Wildman–Crippen LogP) is 1.28. The first kappa shape index (κ1) is 14.9. The van der Waals surface area contributed by atoms with Crippen molar-refractivity contribution in [3.8, 4) is 11.4 Å². The minimum atomic E-state index is -4.30. The molecule has 0 radical (unpaired) electrons. The average molecular weight is 313 g/mol. The molecule has 0 saturated heterocycles. The Morgan fingerprint density at radius 1 is 1.14 bits per heavy atom. The summed E-state index contributed by atoms with van der Waals surface area (Å²) in [4.78, 5) is 30.5. The molecule has 0 N–H and O–H groups in total. The van der Waals surface area contributed by atoms with Gasteiger partial charge in [0.25, 0.3) is 5.69 Å². The number of nitro benzene ring substituents is 1. The van der Waals surface area contributed by atoms with E-state index in [1.54, 1.807) is 0 Å². The Labute approximate surface area is 118 Å². The van der Waals surface area contributed by atoms with Gasteiger partial charge in [-0.25, -0.2) is 0 Å². The summed E-state index contributed by atoms with van der Waals surface area (Å²) < 4.78 is 18.0. The molecule has 2 aromatic rings. The lowest BCUT2D eigenvalue weighted by Crippen LogP contribution is -2.39. The normalized spacial score (nSPS) is 11.1. The van der Waals surface area contributed by atoms with Crippen LogP contribution in [-0.2, 0) is 5.92 Å². The number of benzene rings is 1. The maximum Gasteiger partial charge on any atom is 0.697 e. The zero-order chi connectivity index (χ0) is 16.5. The van der Waals surface area contributed by atoms with Gasteiger partial charge in [0.2, 0.25) is 5.82 Å². The summed E-state index contributed by atoms with van der Waals surface area (Å²) >= 11 is 0. The van der Waals surface area contributed by atoms with Gasteiger partial charge in [0, 0.05) is 17.7 Å². The van der Waals surface area contributed by atoms with E-state index in [9.17, 15) is 34.7 Å². The second kappa shape index (κ2) is 5.12. The topological polar surface area (TPSA) is 168 Å². The number of alkyl halides is 1. The van der Waals surface area contributed by atoms with Crippen LogP contribution in [0, 0.1) is 30.3 Å². The van der Waals surface area contributed by atoms with Crippen molar-refractivity contribution in [3.05, 3.63) is 60.5 Å². The summed E-state index contributed by atoms with van der Waals surface area (Å²) in [5.74, 6) is -6.26. The van der Waals surface area contributed by atoms with E-state index in [0.29, 0.717) is 0 Å². The summed E-state index contributed by atoms with van der Waals surface area (Å²) in [6, 6.07) is 4.68. The van der Waals surface area contributed by atoms with Gasteiger partial charge >= 0.3 is 11.8 Å². The molecule has 12 nitrogen and oxygen atoms in total. The summed E-state index contributed by atoms with van der Waals surface area (Å²) in [7, 11) is 0. The maximum absolute atomic E-state index is 13.8. The molecule has 0 bridgehead atoms. The fraction of sp³-hybridized carbons (Fsp3) is 0.111. The van der Waals surface area contributed by atoms with Crippen LogP contribution in [0.1, 0.15) is 5.89 Å². The second-order valence-electron chi connectivity index (χ2n) is 3.83. The molecule has 1 heterocycles. The quantitative estimate of drug-likeness (QED) is 0.341. The van der Waals surface area contributed by atoms with E-state index in [2.05, 4.69) is 14.7 Å². The smallest absolute Gasteiger partial charge is 0.319 e. The lowest BCUT2D eigenvalue weighted by atomic mass is 10.2. The van der Waals surface area contributed by atoms with Crippen LogP contribution in [0.2, 0.25) is 0 Å². The molecule has 0 atom stereocenters. The lowest BCUT2D eigenvalue weighted by molar-refractivity contribution is -0.849. The summed E-state index contributed by atoms with van der Waals surface area (Å²) in [5, 5.41) is 34.8. The van der Waals surface area contributed by atoms with Crippen LogP contribution in [0.5, 0.6) is 0 Å². The van der Waals surface area contributed by atoms with Gasteiger partial charge in [-0.1, -0.05) is 21.7 Å². The molecule has 0 aliphatic carbocycles. The number of hydrogen-bond acceptors (Lipinski definition) is 9. The van der Waals surface area contributed by atoms with Crippen molar-refractivity contribution in [2.24, 2.45) is 0 Å². The number of nitro groups is 3. The Hall–Kier alpha value is -3.51. The van der Waals surface area contributed by atoms with Gasteiger partial charge in [-0.3, -0.25) is 30.3 Å². The standard InChI is InChI=1S/C9H4FN5O7/c10-9(14(18)19,15(20)21)8-11-7(12-22-8)5-2-1-3-6(4-5)13(16)17/h1-4H. The number of non-ortho nitro benzene ring substituents is 1. The van der Waals surface area contributed by atoms with E-state index in [1.165, 1.54) is 12.1 Å². The van der Waals surface area contributed by atoms with Gasteiger partial charge in [-0.05, 0) is 0 Å². The van der Waals surface area contributed by atoms with E-state index in [1.807, 2.05) is 0 Å². The maximum atomic E-state index is 13.8. The second-order valence-corrected chi connectivity index (χ2v) is 3.83. The summed E-state index contributed by atoms with van der Waals surface area (Å²) in [5.41, 5.74) is -0.378.